The minimum Gasteiger partial charge on any atom is -0.491 e. The summed E-state index contributed by atoms with van der Waals surface area (Å²) in [5.41, 5.74) is 0.800. The molecule has 0 radical (unpaired) electrons. The second-order valence-electron chi connectivity index (χ2n) is 6.01. The van der Waals surface area contributed by atoms with Crippen LogP contribution in [0.3, 0.4) is 0 Å². The predicted octanol–water partition coefficient (Wildman–Crippen LogP) is 2.97. The van der Waals surface area contributed by atoms with Gasteiger partial charge in [0.25, 0.3) is 0 Å². The van der Waals surface area contributed by atoms with Crippen LogP contribution in [-0.2, 0) is 4.79 Å². The van der Waals surface area contributed by atoms with E-state index in [0.717, 1.165) is 5.56 Å². The van der Waals surface area contributed by atoms with Gasteiger partial charge in [0, 0.05) is 31.2 Å². The molecule has 1 fully saturated rings. The van der Waals surface area contributed by atoms with Crippen molar-refractivity contribution in [3.8, 4) is 11.5 Å². The van der Waals surface area contributed by atoms with Crippen LogP contribution in [0.4, 0.5) is 0 Å². The van der Waals surface area contributed by atoms with Crippen molar-refractivity contribution in [1.29, 1.82) is 0 Å². The predicted molar refractivity (Wildman–Crippen MR) is 96.8 cm³/mol. The summed E-state index contributed by atoms with van der Waals surface area (Å²) in [6.07, 6.45) is 3.34. The van der Waals surface area contributed by atoms with Crippen LogP contribution in [0.25, 0.3) is 6.08 Å². The summed E-state index contributed by atoms with van der Waals surface area (Å²) in [6, 6.07) is 4.17. The Bertz CT molecular complexity index is 609. The van der Waals surface area contributed by atoms with Crippen LogP contribution in [0.2, 0.25) is 5.02 Å². The Morgan fingerprint density at radius 3 is 2.62 bits per heavy atom. The molecule has 132 valence electrons. The first kappa shape index (κ1) is 18.6. The first-order valence-corrected chi connectivity index (χ1v) is 8.55. The summed E-state index contributed by atoms with van der Waals surface area (Å²) in [7, 11) is 1.55. The number of amides is 1. The van der Waals surface area contributed by atoms with E-state index in [9.17, 15) is 4.79 Å². The first-order valence-electron chi connectivity index (χ1n) is 8.18. The SMILES string of the molecule is CCOc1cc(C=CC(=O)N2CC(C)NC(C)C2)cc(Cl)c1OC. The molecule has 5 nitrogen and oxygen atoms in total. The number of nitrogens with zero attached hydrogens (tertiary/aromatic N) is 1. The monoisotopic (exact) mass is 352 g/mol. The largest absolute Gasteiger partial charge is 0.491 e. The summed E-state index contributed by atoms with van der Waals surface area (Å²) in [6.45, 7) is 7.98. The molecule has 2 atom stereocenters. The van der Waals surface area contributed by atoms with Gasteiger partial charge in [0.05, 0.1) is 18.7 Å². The van der Waals surface area contributed by atoms with Gasteiger partial charge in [0.2, 0.25) is 5.91 Å². The molecule has 0 saturated carbocycles. The van der Waals surface area contributed by atoms with Gasteiger partial charge in [-0.25, -0.2) is 0 Å². The van der Waals surface area contributed by atoms with Crippen LogP contribution in [-0.4, -0.2) is 49.7 Å². The number of hydrogen-bond acceptors (Lipinski definition) is 4. The van der Waals surface area contributed by atoms with E-state index in [0.29, 0.717) is 48.3 Å². The van der Waals surface area contributed by atoms with E-state index < -0.39 is 0 Å². The molecule has 24 heavy (non-hydrogen) atoms. The highest BCUT2D eigenvalue weighted by atomic mass is 35.5. The van der Waals surface area contributed by atoms with Crippen molar-refractivity contribution in [2.45, 2.75) is 32.9 Å². The van der Waals surface area contributed by atoms with Crippen molar-refractivity contribution in [2.24, 2.45) is 0 Å². The van der Waals surface area contributed by atoms with Crippen molar-refractivity contribution in [1.82, 2.24) is 10.2 Å². The molecule has 2 unspecified atom stereocenters. The third-order valence-corrected chi connectivity index (χ3v) is 4.10. The van der Waals surface area contributed by atoms with Gasteiger partial charge in [-0.2, -0.15) is 0 Å². The topological polar surface area (TPSA) is 50.8 Å². The molecule has 1 heterocycles. The van der Waals surface area contributed by atoms with Crippen molar-refractivity contribution in [2.75, 3.05) is 26.8 Å². The average Bonchev–Trinajstić information content (AvgIpc) is 2.52. The molecular weight excluding hydrogens is 328 g/mol. The molecule has 0 bridgehead atoms. The van der Waals surface area contributed by atoms with Gasteiger partial charge < -0.3 is 19.7 Å². The van der Waals surface area contributed by atoms with Crippen LogP contribution in [0.5, 0.6) is 11.5 Å². The Morgan fingerprint density at radius 1 is 1.38 bits per heavy atom. The van der Waals surface area contributed by atoms with Gasteiger partial charge in [-0.1, -0.05) is 11.6 Å². The molecule has 1 amide bonds. The maximum atomic E-state index is 12.4. The van der Waals surface area contributed by atoms with Gasteiger partial charge in [-0.3, -0.25) is 4.79 Å². The normalized spacial score (nSPS) is 21.1. The molecule has 0 aromatic heterocycles. The fourth-order valence-corrected chi connectivity index (χ4v) is 3.22. The maximum Gasteiger partial charge on any atom is 0.246 e. The van der Waals surface area contributed by atoms with Gasteiger partial charge in [-0.05, 0) is 44.5 Å². The Hall–Kier alpha value is -1.72. The number of ether oxygens (including phenoxy) is 2. The van der Waals surface area contributed by atoms with Gasteiger partial charge >= 0.3 is 0 Å². The van der Waals surface area contributed by atoms with Crippen LogP contribution in [0, 0.1) is 0 Å². The van der Waals surface area contributed by atoms with E-state index in [1.54, 1.807) is 25.3 Å². The third-order valence-electron chi connectivity index (χ3n) is 3.82. The molecule has 0 aliphatic carbocycles. The fourth-order valence-electron chi connectivity index (χ4n) is 2.92. The Balaban J connectivity index is 2.14. The zero-order valence-electron chi connectivity index (χ0n) is 14.6. The summed E-state index contributed by atoms with van der Waals surface area (Å²) in [4.78, 5) is 14.3. The number of piperazine rings is 1. The number of nitrogens with one attached hydrogen (secondary N) is 1. The van der Waals surface area contributed by atoms with Crippen molar-refractivity contribution < 1.29 is 14.3 Å². The highest BCUT2D eigenvalue weighted by molar-refractivity contribution is 6.32. The highest BCUT2D eigenvalue weighted by Crippen LogP contribution is 2.36. The molecule has 1 aromatic rings. The lowest BCUT2D eigenvalue weighted by Gasteiger charge is -2.35. The number of hydrogen-bond donors (Lipinski definition) is 1. The third kappa shape index (κ3) is 4.65. The second kappa shape index (κ2) is 8.40. The zero-order chi connectivity index (χ0) is 17.7. The van der Waals surface area contributed by atoms with Crippen molar-refractivity contribution in [3.63, 3.8) is 0 Å². The Labute approximate surface area is 148 Å². The summed E-state index contributed by atoms with van der Waals surface area (Å²) < 4.78 is 10.8. The first-order chi connectivity index (χ1) is 11.4. The lowest BCUT2D eigenvalue weighted by atomic mass is 10.1. The molecule has 1 saturated heterocycles. The fraction of sp³-hybridized carbons (Fsp3) is 0.500. The smallest absolute Gasteiger partial charge is 0.246 e. The highest BCUT2D eigenvalue weighted by Gasteiger charge is 2.23. The minimum atomic E-state index is 0.0000930. The van der Waals surface area contributed by atoms with Crippen LogP contribution in [0.15, 0.2) is 18.2 Å². The van der Waals surface area contributed by atoms with Crippen LogP contribution >= 0.6 is 11.6 Å². The lowest BCUT2D eigenvalue weighted by Crippen LogP contribution is -2.55. The number of carbonyl (C=O) groups is 1. The van der Waals surface area contributed by atoms with Crippen molar-refractivity contribution in [3.05, 3.63) is 28.8 Å². The number of rotatable bonds is 5. The molecule has 0 spiro atoms. The molecule has 2 rings (SSSR count). The molecule has 1 N–H and O–H groups in total. The molecule has 1 aliphatic heterocycles. The van der Waals surface area contributed by atoms with Crippen molar-refractivity contribution >= 4 is 23.6 Å². The van der Waals surface area contributed by atoms with E-state index in [1.807, 2.05) is 17.9 Å². The molecule has 1 aromatic carbocycles. The average molecular weight is 353 g/mol. The van der Waals surface area contributed by atoms with Crippen LogP contribution in [0.1, 0.15) is 26.3 Å². The van der Waals surface area contributed by atoms with E-state index >= 15 is 0 Å². The van der Waals surface area contributed by atoms with Gasteiger partial charge in [0.1, 0.15) is 0 Å². The quantitative estimate of drug-likeness (QED) is 0.828. The number of carbonyl (C=O) groups excluding carboxylic acids is 1. The second-order valence-corrected chi connectivity index (χ2v) is 6.42. The standard InChI is InChI=1S/C18H25ClN2O3/c1-5-24-16-9-14(8-15(19)18(16)23-4)6-7-17(22)21-10-12(2)20-13(3)11-21/h6-9,12-13,20H,5,10-11H2,1-4H3. The van der Waals surface area contributed by atoms with E-state index in [4.69, 9.17) is 21.1 Å². The summed E-state index contributed by atoms with van der Waals surface area (Å²) in [5, 5.41) is 3.87. The summed E-state index contributed by atoms with van der Waals surface area (Å²) >= 11 is 6.23. The lowest BCUT2D eigenvalue weighted by molar-refractivity contribution is -0.127. The Morgan fingerprint density at radius 2 is 2.04 bits per heavy atom. The van der Waals surface area contributed by atoms with E-state index in [-0.39, 0.29) is 5.91 Å². The van der Waals surface area contributed by atoms with Gasteiger partial charge in [-0.15, -0.1) is 0 Å². The molecule has 1 aliphatic rings. The van der Waals surface area contributed by atoms with E-state index in [1.165, 1.54) is 0 Å². The maximum absolute atomic E-state index is 12.4. The number of methoxy groups -OCH3 is 1. The molecular formula is C18H25ClN2O3. The van der Waals surface area contributed by atoms with Gasteiger partial charge in [0.15, 0.2) is 11.5 Å². The van der Waals surface area contributed by atoms with Crippen LogP contribution < -0.4 is 14.8 Å². The number of halogens is 1. The zero-order valence-corrected chi connectivity index (χ0v) is 15.4. The number of benzene rings is 1. The van der Waals surface area contributed by atoms with E-state index in [2.05, 4.69) is 19.2 Å². The summed E-state index contributed by atoms with van der Waals surface area (Å²) in [5.74, 6) is 1.08. The molecule has 6 heteroatoms. The Kier molecular flexibility index (Phi) is 6.52. The minimum absolute atomic E-state index is 0.0000930.